The molecule has 1 aliphatic heterocycles. The normalized spacial score (nSPS) is 18.8. The maximum Gasteiger partial charge on any atom is 0.224 e. The summed E-state index contributed by atoms with van der Waals surface area (Å²) in [6.45, 7) is 2.06. The van der Waals surface area contributed by atoms with E-state index in [9.17, 15) is 9.90 Å². The summed E-state index contributed by atoms with van der Waals surface area (Å²) >= 11 is 3.22. The van der Waals surface area contributed by atoms with Gasteiger partial charge in [0.05, 0.1) is 10.2 Å². The molecule has 0 bridgehead atoms. The van der Waals surface area contributed by atoms with E-state index in [4.69, 9.17) is 0 Å². The van der Waals surface area contributed by atoms with E-state index in [1.165, 1.54) is 0 Å². The lowest BCUT2D eigenvalue weighted by atomic mass is 10.0. The summed E-state index contributed by atoms with van der Waals surface area (Å²) in [7, 11) is 0. The zero-order chi connectivity index (χ0) is 13.0. The first-order valence-electron chi connectivity index (χ1n) is 6.15. The Balaban J connectivity index is 1.84. The van der Waals surface area contributed by atoms with Crippen LogP contribution in [0, 0.1) is 5.92 Å². The fourth-order valence-electron chi connectivity index (χ4n) is 2.12. The molecule has 0 aromatic heterocycles. The third-order valence-electron chi connectivity index (χ3n) is 3.20. The fourth-order valence-corrected chi connectivity index (χ4v) is 2.49. The molecule has 4 nitrogen and oxygen atoms in total. The summed E-state index contributed by atoms with van der Waals surface area (Å²) < 4.78 is 0.584. The molecule has 1 atom stereocenters. The Morgan fingerprint density at radius 1 is 1.56 bits per heavy atom. The third kappa shape index (κ3) is 3.46. The van der Waals surface area contributed by atoms with Gasteiger partial charge in [-0.1, -0.05) is 6.07 Å². The van der Waals surface area contributed by atoms with Crippen LogP contribution in [0.1, 0.15) is 19.3 Å². The van der Waals surface area contributed by atoms with Gasteiger partial charge in [0.15, 0.2) is 5.75 Å². The molecule has 1 aliphatic rings. The van der Waals surface area contributed by atoms with Crippen molar-refractivity contribution in [3.8, 4) is 5.75 Å². The lowest BCUT2D eigenvalue weighted by Crippen LogP contribution is -2.15. The second kappa shape index (κ2) is 6.20. The number of rotatable bonds is 4. The van der Waals surface area contributed by atoms with E-state index in [2.05, 4.69) is 26.6 Å². The molecule has 0 aliphatic carbocycles. The number of carbonyl (C=O) groups excluding carboxylic acids is 1. The van der Waals surface area contributed by atoms with Crippen molar-refractivity contribution in [2.75, 3.05) is 18.4 Å². The predicted octanol–water partition coefficient (Wildman–Crippen LogP) is 2.48. The molecule has 1 aromatic carbocycles. The zero-order valence-corrected chi connectivity index (χ0v) is 11.7. The van der Waals surface area contributed by atoms with Crippen molar-refractivity contribution in [3.63, 3.8) is 0 Å². The number of benzene rings is 1. The van der Waals surface area contributed by atoms with Gasteiger partial charge < -0.3 is 15.7 Å². The lowest BCUT2D eigenvalue weighted by Gasteiger charge is -2.10. The average molecular weight is 313 g/mol. The molecule has 0 spiro atoms. The van der Waals surface area contributed by atoms with E-state index in [0.717, 1.165) is 25.9 Å². The maximum atomic E-state index is 11.8. The van der Waals surface area contributed by atoms with E-state index in [1.807, 2.05) is 0 Å². The first-order valence-corrected chi connectivity index (χ1v) is 6.94. The Kier molecular flexibility index (Phi) is 4.60. The molecular weight excluding hydrogens is 296 g/mol. The number of carbonyl (C=O) groups is 1. The second-order valence-corrected chi connectivity index (χ2v) is 5.44. The highest BCUT2D eigenvalue weighted by atomic mass is 79.9. The molecule has 3 N–H and O–H groups in total. The molecule has 1 saturated heterocycles. The van der Waals surface area contributed by atoms with Crippen LogP contribution in [0.15, 0.2) is 22.7 Å². The minimum Gasteiger partial charge on any atom is -0.505 e. The average Bonchev–Trinajstić information content (AvgIpc) is 2.86. The van der Waals surface area contributed by atoms with Crippen molar-refractivity contribution in [2.45, 2.75) is 19.3 Å². The summed E-state index contributed by atoms with van der Waals surface area (Å²) in [5.41, 5.74) is 0.457. The van der Waals surface area contributed by atoms with Gasteiger partial charge >= 0.3 is 0 Å². The Labute approximate surface area is 115 Å². The smallest absolute Gasteiger partial charge is 0.224 e. The van der Waals surface area contributed by atoms with E-state index in [0.29, 0.717) is 22.5 Å². The van der Waals surface area contributed by atoms with Gasteiger partial charge in [-0.3, -0.25) is 4.79 Å². The van der Waals surface area contributed by atoms with E-state index < -0.39 is 0 Å². The molecule has 2 rings (SSSR count). The first-order chi connectivity index (χ1) is 8.66. The quantitative estimate of drug-likeness (QED) is 0.749. The number of nitrogens with one attached hydrogen (secondary N) is 2. The number of amides is 1. The fraction of sp³-hybridized carbons (Fsp3) is 0.462. The van der Waals surface area contributed by atoms with Crippen molar-refractivity contribution >= 4 is 27.5 Å². The zero-order valence-electron chi connectivity index (χ0n) is 10.1. The molecule has 0 saturated carbocycles. The number of halogens is 1. The highest BCUT2D eigenvalue weighted by Gasteiger charge is 2.16. The minimum absolute atomic E-state index is 0.0460. The van der Waals surface area contributed by atoms with Crippen LogP contribution in [0.5, 0.6) is 5.75 Å². The van der Waals surface area contributed by atoms with Crippen molar-refractivity contribution in [1.29, 1.82) is 0 Å². The van der Waals surface area contributed by atoms with Crippen molar-refractivity contribution in [2.24, 2.45) is 5.92 Å². The van der Waals surface area contributed by atoms with Gasteiger partial charge in [-0.25, -0.2) is 0 Å². The molecule has 1 heterocycles. The third-order valence-corrected chi connectivity index (χ3v) is 3.84. The summed E-state index contributed by atoms with van der Waals surface area (Å²) in [5, 5.41) is 15.8. The van der Waals surface area contributed by atoms with Gasteiger partial charge in [0.25, 0.3) is 0 Å². The number of phenols is 1. The Morgan fingerprint density at radius 3 is 3.11 bits per heavy atom. The van der Waals surface area contributed by atoms with Crippen LogP contribution in [-0.2, 0) is 4.79 Å². The number of hydrogen-bond donors (Lipinski definition) is 3. The van der Waals surface area contributed by atoms with Crippen LogP contribution < -0.4 is 10.6 Å². The van der Waals surface area contributed by atoms with Crippen molar-refractivity contribution in [1.82, 2.24) is 5.32 Å². The van der Waals surface area contributed by atoms with Crippen molar-refractivity contribution in [3.05, 3.63) is 22.7 Å². The highest BCUT2D eigenvalue weighted by Crippen LogP contribution is 2.31. The Bertz CT molecular complexity index is 431. The topological polar surface area (TPSA) is 61.4 Å². The Morgan fingerprint density at radius 2 is 2.39 bits per heavy atom. The van der Waals surface area contributed by atoms with Crippen LogP contribution in [0.3, 0.4) is 0 Å². The van der Waals surface area contributed by atoms with Gasteiger partial charge in [0.1, 0.15) is 0 Å². The molecule has 1 aromatic rings. The number of aromatic hydroxyl groups is 1. The van der Waals surface area contributed by atoms with E-state index >= 15 is 0 Å². The Hall–Kier alpha value is -1.07. The van der Waals surface area contributed by atoms with Crippen LogP contribution >= 0.6 is 15.9 Å². The number of anilines is 1. The largest absolute Gasteiger partial charge is 0.505 e. The number of para-hydroxylation sites is 1. The molecule has 1 fully saturated rings. The predicted molar refractivity (Wildman–Crippen MR) is 74.6 cm³/mol. The van der Waals surface area contributed by atoms with Crippen LogP contribution in [-0.4, -0.2) is 24.1 Å². The van der Waals surface area contributed by atoms with Crippen molar-refractivity contribution < 1.29 is 9.90 Å². The SMILES string of the molecule is O=C(CCC1CCNC1)Nc1cccc(Br)c1O. The summed E-state index contributed by atoms with van der Waals surface area (Å²) in [4.78, 5) is 11.8. The van der Waals surface area contributed by atoms with Gasteiger partial charge in [-0.15, -0.1) is 0 Å². The summed E-state index contributed by atoms with van der Waals surface area (Å²) in [6.07, 6.45) is 2.54. The van der Waals surface area contributed by atoms with Crippen LogP contribution in [0.25, 0.3) is 0 Å². The standard InChI is InChI=1S/C13H17BrN2O2/c14-10-2-1-3-11(13(10)18)16-12(17)5-4-9-6-7-15-8-9/h1-3,9,15,18H,4-8H2,(H,16,17). The van der Waals surface area contributed by atoms with E-state index in [-0.39, 0.29) is 11.7 Å². The molecule has 1 unspecified atom stereocenters. The summed E-state index contributed by atoms with van der Waals surface area (Å²) in [6, 6.07) is 5.20. The molecule has 18 heavy (non-hydrogen) atoms. The summed E-state index contributed by atoms with van der Waals surface area (Å²) in [5.74, 6) is 0.635. The van der Waals surface area contributed by atoms with Crippen LogP contribution in [0.4, 0.5) is 5.69 Å². The number of phenolic OH excluding ortho intramolecular Hbond substituents is 1. The number of hydrogen-bond acceptors (Lipinski definition) is 3. The van der Waals surface area contributed by atoms with Gasteiger partial charge in [-0.2, -0.15) is 0 Å². The van der Waals surface area contributed by atoms with Gasteiger partial charge in [0, 0.05) is 6.42 Å². The molecule has 5 heteroatoms. The lowest BCUT2D eigenvalue weighted by molar-refractivity contribution is -0.116. The second-order valence-electron chi connectivity index (χ2n) is 4.58. The minimum atomic E-state index is -0.0460. The molecule has 0 radical (unpaired) electrons. The monoisotopic (exact) mass is 312 g/mol. The molecular formula is C13H17BrN2O2. The molecule has 98 valence electrons. The van der Waals surface area contributed by atoms with Gasteiger partial charge in [-0.05, 0) is 59.9 Å². The van der Waals surface area contributed by atoms with Gasteiger partial charge in [0.2, 0.25) is 5.91 Å². The van der Waals surface area contributed by atoms with Crippen LogP contribution in [0.2, 0.25) is 0 Å². The first kappa shape index (κ1) is 13.4. The maximum absolute atomic E-state index is 11.8. The highest BCUT2D eigenvalue weighted by molar-refractivity contribution is 9.10. The molecule has 1 amide bonds. The van der Waals surface area contributed by atoms with E-state index in [1.54, 1.807) is 18.2 Å².